The van der Waals surface area contributed by atoms with Gasteiger partial charge in [-0.3, -0.25) is 0 Å². The van der Waals surface area contributed by atoms with Crippen molar-refractivity contribution in [3.05, 3.63) is 72.8 Å². The fraction of sp³-hybridized carbons (Fsp3) is 0. The van der Waals surface area contributed by atoms with Crippen LogP contribution in [0.1, 0.15) is 0 Å². The van der Waals surface area contributed by atoms with Crippen molar-refractivity contribution in [2.45, 2.75) is 0 Å². The number of hydrogen-bond donors (Lipinski definition) is 1. The minimum absolute atomic E-state index is 1.20. The highest BCUT2D eigenvalue weighted by Gasteiger charge is 2.11. The van der Waals surface area contributed by atoms with Crippen molar-refractivity contribution in [2.24, 2.45) is 0 Å². The van der Waals surface area contributed by atoms with E-state index < -0.39 is 0 Å². The van der Waals surface area contributed by atoms with E-state index in [2.05, 4.69) is 77.8 Å². The lowest BCUT2D eigenvalue weighted by Gasteiger charge is -2.02. The summed E-state index contributed by atoms with van der Waals surface area (Å²) >= 11 is 1.88. The van der Waals surface area contributed by atoms with E-state index in [0.29, 0.717) is 0 Å². The predicted octanol–water partition coefficient (Wildman–Crippen LogP) is 6.84. The summed E-state index contributed by atoms with van der Waals surface area (Å²) in [6, 6.07) is 26.4. The van der Waals surface area contributed by atoms with Crippen LogP contribution in [0.25, 0.3) is 52.8 Å². The summed E-state index contributed by atoms with van der Waals surface area (Å²) in [7, 11) is 0. The largest absolute Gasteiger partial charge is 0.354 e. The third kappa shape index (κ3) is 1.53. The summed E-state index contributed by atoms with van der Waals surface area (Å²) in [6.45, 7) is 0. The number of thiophene rings is 1. The SMILES string of the molecule is c1ccc2c(c1)[nH]c1ccc3cc4sc5ccccc5c4cc3c12. The average molecular weight is 323 g/mol. The van der Waals surface area contributed by atoms with Crippen molar-refractivity contribution in [1.29, 1.82) is 0 Å². The molecule has 2 heterocycles. The standard InChI is InChI=1S/C22H13NS/c1-3-7-18-15(6-1)22-16-12-17-14-5-2-4-8-20(14)24-21(17)11-13(16)9-10-19(22)23-18/h1-12,23H. The number of aromatic nitrogens is 1. The number of aromatic amines is 1. The summed E-state index contributed by atoms with van der Waals surface area (Å²) in [6.07, 6.45) is 0. The van der Waals surface area contributed by atoms with Crippen molar-refractivity contribution in [3.63, 3.8) is 0 Å². The van der Waals surface area contributed by atoms with E-state index in [1.54, 1.807) is 0 Å². The second-order valence-electron chi connectivity index (χ2n) is 6.33. The maximum Gasteiger partial charge on any atom is 0.0471 e. The number of hydrogen-bond acceptors (Lipinski definition) is 1. The van der Waals surface area contributed by atoms with Gasteiger partial charge in [0.05, 0.1) is 0 Å². The average Bonchev–Trinajstić information content (AvgIpc) is 3.17. The molecule has 0 aliphatic carbocycles. The van der Waals surface area contributed by atoms with Crippen LogP contribution in [0.3, 0.4) is 0 Å². The molecule has 24 heavy (non-hydrogen) atoms. The minimum Gasteiger partial charge on any atom is -0.354 e. The number of rotatable bonds is 0. The van der Waals surface area contributed by atoms with Crippen molar-refractivity contribution in [1.82, 2.24) is 4.98 Å². The van der Waals surface area contributed by atoms with E-state index in [0.717, 1.165) is 0 Å². The molecule has 0 bridgehead atoms. The van der Waals surface area contributed by atoms with E-state index in [-0.39, 0.29) is 0 Å². The second kappa shape index (κ2) is 4.37. The number of fused-ring (bicyclic) bond motifs is 8. The monoisotopic (exact) mass is 323 g/mol. The molecule has 0 unspecified atom stereocenters. The fourth-order valence-electron chi connectivity index (χ4n) is 3.89. The predicted molar refractivity (Wildman–Crippen MR) is 106 cm³/mol. The molecule has 2 heteroatoms. The van der Waals surface area contributed by atoms with Gasteiger partial charge in [0, 0.05) is 42.0 Å². The summed E-state index contributed by atoms with van der Waals surface area (Å²) in [5.74, 6) is 0. The molecule has 1 nitrogen and oxygen atoms in total. The van der Waals surface area contributed by atoms with Crippen LogP contribution in [-0.4, -0.2) is 4.98 Å². The first kappa shape index (κ1) is 12.6. The highest BCUT2D eigenvalue weighted by molar-refractivity contribution is 7.25. The zero-order valence-electron chi connectivity index (χ0n) is 12.8. The first-order valence-corrected chi connectivity index (χ1v) is 8.94. The van der Waals surface area contributed by atoms with E-state index in [1.165, 1.54) is 52.8 Å². The number of benzene rings is 4. The van der Waals surface area contributed by atoms with Gasteiger partial charge in [-0.15, -0.1) is 11.3 Å². The summed E-state index contributed by atoms with van der Waals surface area (Å²) < 4.78 is 2.72. The Morgan fingerprint density at radius 2 is 1.42 bits per heavy atom. The Morgan fingerprint density at radius 3 is 2.38 bits per heavy atom. The van der Waals surface area contributed by atoms with Crippen LogP contribution >= 0.6 is 11.3 Å². The molecule has 0 saturated carbocycles. The van der Waals surface area contributed by atoms with E-state index in [4.69, 9.17) is 0 Å². The quantitative estimate of drug-likeness (QED) is 0.315. The third-order valence-corrected chi connectivity index (χ3v) is 6.12. The first-order valence-electron chi connectivity index (χ1n) is 8.13. The maximum atomic E-state index is 3.55. The van der Waals surface area contributed by atoms with Gasteiger partial charge in [-0.1, -0.05) is 42.5 Å². The van der Waals surface area contributed by atoms with Crippen LogP contribution in [0.2, 0.25) is 0 Å². The first-order chi connectivity index (χ1) is 11.9. The van der Waals surface area contributed by atoms with Crippen LogP contribution in [0.4, 0.5) is 0 Å². The molecule has 4 aromatic carbocycles. The Kier molecular flexibility index (Phi) is 2.29. The molecular formula is C22H13NS. The minimum atomic E-state index is 1.20. The van der Waals surface area contributed by atoms with Crippen LogP contribution in [0.15, 0.2) is 72.8 Å². The van der Waals surface area contributed by atoms with Crippen molar-refractivity contribution >= 4 is 64.1 Å². The zero-order valence-corrected chi connectivity index (χ0v) is 13.7. The van der Waals surface area contributed by atoms with Crippen LogP contribution < -0.4 is 0 Å². The van der Waals surface area contributed by atoms with E-state index in [1.807, 2.05) is 11.3 Å². The van der Waals surface area contributed by atoms with E-state index >= 15 is 0 Å². The Hall–Kier alpha value is -2.84. The molecule has 0 spiro atoms. The Labute approximate surface area is 142 Å². The van der Waals surface area contributed by atoms with Crippen molar-refractivity contribution in [3.8, 4) is 0 Å². The highest BCUT2D eigenvalue weighted by atomic mass is 32.1. The van der Waals surface area contributed by atoms with Gasteiger partial charge in [0.2, 0.25) is 0 Å². The summed E-state index contributed by atoms with van der Waals surface area (Å²) in [5.41, 5.74) is 2.41. The van der Waals surface area contributed by atoms with Gasteiger partial charge in [-0.05, 0) is 41.1 Å². The van der Waals surface area contributed by atoms with Gasteiger partial charge in [-0.25, -0.2) is 0 Å². The van der Waals surface area contributed by atoms with Gasteiger partial charge in [0.15, 0.2) is 0 Å². The lowest BCUT2D eigenvalue weighted by atomic mass is 10.0. The lowest BCUT2D eigenvalue weighted by Crippen LogP contribution is -1.76. The van der Waals surface area contributed by atoms with Crippen LogP contribution in [-0.2, 0) is 0 Å². The third-order valence-electron chi connectivity index (χ3n) is 4.98. The molecule has 6 aromatic rings. The molecule has 0 saturated heterocycles. The normalized spacial score (nSPS) is 12.2. The van der Waals surface area contributed by atoms with Crippen molar-refractivity contribution < 1.29 is 0 Å². The fourth-order valence-corrected chi connectivity index (χ4v) is 5.03. The number of H-pyrrole nitrogens is 1. The molecule has 0 aliphatic heterocycles. The summed E-state index contributed by atoms with van der Waals surface area (Å²) in [5, 5.41) is 8.00. The lowest BCUT2D eigenvalue weighted by molar-refractivity contribution is 1.55. The van der Waals surface area contributed by atoms with Crippen LogP contribution in [0.5, 0.6) is 0 Å². The number of para-hydroxylation sites is 1. The van der Waals surface area contributed by atoms with Gasteiger partial charge >= 0.3 is 0 Å². The molecule has 0 amide bonds. The molecule has 112 valence electrons. The van der Waals surface area contributed by atoms with Gasteiger partial charge in [0.1, 0.15) is 0 Å². The maximum absolute atomic E-state index is 3.55. The molecule has 0 radical (unpaired) electrons. The second-order valence-corrected chi connectivity index (χ2v) is 7.41. The van der Waals surface area contributed by atoms with Gasteiger partial charge in [-0.2, -0.15) is 0 Å². The van der Waals surface area contributed by atoms with Crippen LogP contribution in [0, 0.1) is 0 Å². The molecule has 0 fully saturated rings. The molecule has 0 atom stereocenters. The Bertz CT molecular complexity index is 1400. The Balaban J connectivity index is 1.90. The Morgan fingerprint density at radius 1 is 0.583 bits per heavy atom. The van der Waals surface area contributed by atoms with Crippen molar-refractivity contribution in [2.75, 3.05) is 0 Å². The van der Waals surface area contributed by atoms with Gasteiger partial charge in [0.25, 0.3) is 0 Å². The van der Waals surface area contributed by atoms with E-state index in [9.17, 15) is 0 Å². The molecule has 0 aliphatic rings. The molecule has 2 aromatic heterocycles. The highest BCUT2D eigenvalue weighted by Crippen LogP contribution is 2.39. The number of nitrogens with one attached hydrogen (secondary N) is 1. The topological polar surface area (TPSA) is 15.8 Å². The zero-order chi connectivity index (χ0) is 15.7. The van der Waals surface area contributed by atoms with Gasteiger partial charge < -0.3 is 4.98 Å². The molecule has 1 N–H and O–H groups in total. The smallest absolute Gasteiger partial charge is 0.0471 e. The molecule has 6 rings (SSSR count). The molecular weight excluding hydrogens is 310 g/mol. The summed E-state index contributed by atoms with van der Waals surface area (Å²) in [4.78, 5) is 3.55.